The number of anilines is 1. The molecule has 1 amide bonds. The third-order valence-electron chi connectivity index (χ3n) is 2.78. The number of benzene rings is 1. The molecule has 0 saturated heterocycles. The molecule has 3 aromatic rings. The molecule has 7 heteroatoms. The maximum absolute atomic E-state index is 13.5. The van der Waals surface area contributed by atoms with Crippen LogP contribution in [-0.4, -0.2) is 26.1 Å². The molecule has 0 fully saturated rings. The monoisotopic (exact) mass is 283 g/mol. The van der Waals surface area contributed by atoms with Gasteiger partial charge in [-0.3, -0.25) is 20.2 Å². The molecule has 2 heterocycles. The normalized spacial score (nSPS) is 10.3. The predicted molar refractivity (Wildman–Crippen MR) is 74.0 cm³/mol. The molecular formula is C14H10FN5O. The number of carbonyl (C=O) groups excluding carboxylic acids is 1. The molecule has 0 unspecified atom stereocenters. The van der Waals surface area contributed by atoms with Crippen molar-refractivity contribution < 1.29 is 9.18 Å². The van der Waals surface area contributed by atoms with Gasteiger partial charge in [-0.15, -0.1) is 5.10 Å². The van der Waals surface area contributed by atoms with Gasteiger partial charge in [0, 0.05) is 18.0 Å². The van der Waals surface area contributed by atoms with Crippen molar-refractivity contribution >= 4 is 11.9 Å². The number of rotatable bonds is 3. The quantitative estimate of drug-likeness (QED) is 0.772. The summed E-state index contributed by atoms with van der Waals surface area (Å²) in [4.78, 5) is 20.0. The summed E-state index contributed by atoms with van der Waals surface area (Å²) < 4.78 is 13.5. The van der Waals surface area contributed by atoms with E-state index in [9.17, 15) is 9.18 Å². The van der Waals surface area contributed by atoms with Crippen LogP contribution in [0.25, 0.3) is 11.4 Å². The number of H-pyrrole nitrogens is 1. The zero-order valence-electron chi connectivity index (χ0n) is 10.7. The Kier molecular flexibility index (Phi) is 3.38. The van der Waals surface area contributed by atoms with Crippen LogP contribution < -0.4 is 5.32 Å². The molecule has 2 aromatic heterocycles. The Bertz CT molecular complexity index is 772. The first kappa shape index (κ1) is 12.9. The van der Waals surface area contributed by atoms with Crippen molar-refractivity contribution in [3.63, 3.8) is 0 Å². The summed E-state index contributed by atoms with van der Waals surface area (Å²) in [5, 5.41) is 9.01. The molecule has 0 aliphatic rings. The number of carbonyl (C=O) groups is 1. The number of pyridine rings is 1. The lowest BCUT2D eigenvalue weighted by Crippen LogP contribution is -2.14. The molecule has 2 N–H and O–H groups in total. The third-order valence-corrected chi connectivity index (χ3v) is 2.78. The Morgan fingerprint density at radius 3 is 2.67 bits per heavy atom. The van der Waals surface area contributed by atoms with Crippen LogP contribution >= 0.6 is 0 Å². The molecule has 21 heavy (non-hydrogen) atoms. The van der Waals surface area contributed by atoms with E-state index >= 15 is 0 Å². The van der Waals surface area contributed by atoms with Crippen molar-refractivity contribution in [1.82, 2.24) is 20.2 Å². The van der Waals surface area contributed by atoms with Gasteiger partial charge in [0.15, 0.2) is 5.82 Å². The van der Waals surface area contributed by atoms with Crippen LogP contribution in [0.4, 0.5) is 10.3 Å². The minimum Gasteiger partial charge on any atom is -0.289 e. The zero-order chi connectivity index (χ0) is 14.7. The Morgan fingerprint density at radius 2 is 1.90 bits per heavy atom. The van der Waals surface area contributed by atoms with Gasteiger partial charge in [0.25, 0.3) is 5.91 Å². The number of halogens is 1. The molecule has 0 spiro atoms. The van der Waals surface area contributed by atoms with Crippen molar-refractivity contribution in [3.8, 4) is 11.4 Å². The Balaban J connectivity index is 1.79. The van der Waals surface area contributed by atoms with E-state index in [2.05, 4.69) is 25.5 Å². The van der Waals surface area contributed by atoms with Crippen molar-refractivity contribution in [2.75, 3.05) is 5.32 Å². The van der Waals surface area contributed by atoms with Crippen LogP contribution in [0.5, 0.6) is 0 Å². The van der Waals surface area contributed by atoms with E-state index in [0.717, 1.165) is 5.56 Å². The summed E-state index contributed by atoms with van der Waals surface area (Å²) in [6.45, 7) is 0. The molecule has 0 saturated carbocycles. The second-order valence-electron chi connectivity index (χ2n) is 4.18. The lowest BCUT2D eigenvalue weighted by atomic mass is 10.2. The number of hydrogen-bond donors (Lipinski definition) is 2. The van der Waals surface area contributed by atoms with E-state index in [4.69, 9.17) is 0 Å². The highest BCUT2D eigenvalue weighted by Gasteiger charge is 2.13. The highest BCUT2D eigenvalue weighted by Crippen LogP contribution is 2.15. The van der Waals surface area contributed by atoms with Gasteiger partial charge in [0.1, 0.15) is 5.82 Å². The van der Waals surface area contributed by atoms with Gasteiger partial charge in [0.05, 0.1) is 5.56 Å². The van der Waals surface area contributed by atoms with Crippen LogP contribution in [-0.2, 0) is 0 Å². The van der Waals surface area contributed by atoms with Gasteiger partial charge in [-0.05, 0) is 24.3 Å². The summed E-state index contributed by atoms with van der Waals surface area (Å²) in [5.74, 6) is -0.635. The topological polar surface area (TPSA) is 83.6 Å². The summed E-state index contributed by atoms with van der Waals surface area (Å²) in [6.07, 6.45) is 3.24. The van der Waals surface area contributed by atoms with Gasteiger partial charge >= 0.3 is 0 Å². The molecular weight excluding hydrogens is 273 g/mol. The van der Waals surface area contributed by atoms with E-state index in [1.54, 1.807) is 30.6 Å². The third kappa shape index (κ3) is 2.76. The van der Waals surface area contributed by atoms with Crippen molar-refractivity contribution in [3.05, 3.63) is 60.2 Å². The minimum atomic E-state index is -0.603. The van der Waals surface area contributed by atoms with Crippen LogP contribution in [0.15, 0.2) is 48.8 Å². The van der Waals surface area contributed by atoms with E-state index in [-0.39, 0.29) is 11.5 Å². The van der Waals surface area contributed by atoms with Crippen LogP contribution in [0.2, 0.25) is 0 Å². The van der Waals surface area contributed by atoms with Crippen molar-refractivity contribution in [1.29, 1.82) is 0 Å². The lowest BCUT2D eigenvalue weighted by Gasteiger charge is -2.01. The van der Waals surface area contributed by atoms with Crippen molar-refractivity contribution in [2.24, 2.45) is 0 Å². The van der Waals surface area contributed by atoms with Crippen LogP contribution in [0.1, 0.15) is 10.4 Å². The maximum Gasteiger partial charge on any atom is 0.261 e. The summed E-state index contributed by atoms with van der Waals surface area (Å²) >= 11 is 0. The second kappa shape index (κ2) is 5.49. The number of aromatic nitrogens is 4. The number of nitrogens with zero attached hydrogens (tertiary/aromatic N) is 3. The fourth-order valence-corrected chi connectivity index (χ4v) is 1.77. The smallest absolute Gasteiger partial charge is 0.261 e. The Labute approximate surface area is 119 Å². The molecule has 0 bridgehead atoms. The van der Waals surface area contributed by atoms with Gasteiger partial charge in [-0.1, -0.05) is 12.1 Å². The molecule has 0 aliphatic heterocycles. The van der Waals surface area contributed by atoms with Crippen LogP contribution in [0, 0.1) is 5.82 Å². The standard InChI is InChI=1S/C14H10FN5O/c15-11-4-2-1-3-10(11)13(21)18-14-17-12(19-20-14)9-5-7-16-8-6-9/h1-8H,(H2,17,18,19,20,21). The molecule has 3 rings (SSSR count). The summed E-state index contributed by atoms with van der Waals surface area (Å²) in [6, 6.07) is 9.21. The first-order valence-corrected chi connectivity index (χ1v) is 6.13. The molecule has 0 atom stereocenters. The van der Waals surface area contributed by atoms with Gasteiger partial charge in [-0.25, -0.2) is 4.39 Å². The van der Waals surface area contributed by atoms with Gasteiger partial charge in [-0.2, -0.15) is 4.98 Å². The Morgan fingerprint density at radius 1 is 1.14 bits per heavy atom. The van der Waals surface area contributed by atoms with Gasteiger partial charge < -0.3 is 0 Å². The number of amides is 1. The summed E-state index contributed by atoms with van der Waals surface area (Å²) in [7, 11) is 0. The molecule has 6 nitrogen and oxygen atoms in total. The Hall–Kier alpha value is -3.09. The molecule has 0 aliphatic carbocycles. The largest absolute Gasteiger partial charge is 0.289 e. The molecule has 0 radical (unpaired) electrons. The first-order valence-electron chi connectivity index (χ1n) is 6.13. The molecule has 1 aromatic carbocycles. The van der Waals surface area contributed by atoms with Crippen LogP contribution in [0.3, 0.4) is 0 Å². The molecule has 104 valence electrons. The number of hydrogen-bond acceptors (Lipinski definition) is 4. The summed E-state index contributed by atoms with van der Waals surface area (Å²) in [5.41, 5.74) is 0.719. The zero-order valence-corrected chi connectivity index (χ0v) is 10.7. The fraction of sp³-hybridized carbons (Fsp3) is 0. The number of nitrogens with one attached hydrogen (secondary N) is 2. The first-order chi connectivity index (χ1) is 10.2. The fourth-order valence-electron chi connectivity index (χ4n) is 1.77. The van der Waals surface area contributed by atoms with Crippen molar-refractivity contribution in [2.45, 2.75) is 0 Å². The van der Waals surface area contributed by atoms with Gasteiger partial charge in [0.2, 0.25) is 5.95 Å². The van der Waals surface area contributed by atoms with E-state index in [0.29, 0.717) is 5.82 Å². The highest BCUT2D eigenvalue weighted by molar-refractivity contribution is 6.03. The van der Waals surface area contributed by atoms with E-state index < -0.39 is 11.7 Å². The average molecular weight is 283 g/mol. The lowest BCUT2D eigenvalue weighted by molar-refractivity contribution is 0.102. The maximum atomic E-state index is 13.5. The SMILES string of the molecule is O=C(Nc1n[nH]c(-c2ccncc2)n1)c1ccccc1F. The number of aromatic amines is 1. The average Bonchev–Trinajstić information content (AvgIpc) is 2.97. The second-order valence-corrected chi connectivity index (χ2v) is 4.18. The highest BCUT2D eigenvalue weighted by atomic mass is 19.1. The van der Waals surface area contributed by atoms with E-state index in [1.165, 1.54) is 18.2 Å². The predicted octanol–water partition coefficient (Wildman–Crippen LogP) is 2.26. The minimum absolute atomic E-state index is 0.0623. The van der Waals surface area contributed by atoms with E-state index in [1.807, 2.05) is 0 Å².